The van der Waals surface area contributed by atoms with Gasteiger partial charge in [-0.1, -0.05) is 25.7 Å². The van der Waals surface area contributed by atoms with Crippen LogP contribution >= 0.6 is 0 Å². The first-order valence-corrected chi connectivity index (χ1v) is 8.54. The van der Waals surface area contributed by atoms with Gasteiger partial charge in [0.25, 0.3) is 0 Å². The van der Waals surface area contributed by atoms with Crippen LogP contribution in [-0.2, 0) is 10.0 Å². The quantitative estimate of drug-likeness (QED) is 0.757. The monoisotopic (exact) mass is 257 g/mol. The van der Waals surface area contributed by atoms with Crippen LogP contribution in [0.15, 0.2) is 0 Å². The molecular weight excluding hydrogens is 234 g/mol. The van der Waals surface area contributed by atoms with Crippen LogP contribution in [0.5, 0.6) is 0 Å². The first kappa shape index (κ1) is 12.0. The third kappa shape index (κ3) is 2.14. The van der Waals surface area contributed by atoms with Crippen LogP contribution < -0.4 is 0 Å². The van der Waals surface area contributed by atoms with Gasteiger partial charge in [0.2, 0.25) is 10.0 Å². The van der Waals surface area contributed by atoms with Gasteiger partial charge in [0.1, 0.15) is 0 Å². The minimum absolute atomic E-state index is 0.0424. The van der Waals surface area contributed by atoms with Crippen molar-refractivity contribution >= 4 is 10.0 Å². The lowest BCUT2D eigenvalue weighted by Gasteiger charge is -2.41. The molecule has 0 radical (unpaired) electrons. The average molecular weight is 257 g/mol. The van der Waals surface area contributed by atoms with Crippen LogP contribution in [0.25, 0.3) is 0 Å². The summed E-state index contributed by atoms with van der Waals surface area (Å²) < 4.78 is 26.5. The molecule has 0 heterocycles. The van der Waals surface area contributed by atoms with E-state index in [2.05, 4.69) is 0 Å². The van der Waals surface area contributed by atoms with Crippen molar-refractivity contribution in [1.82, 2.24) is 4.31 Å². The fourth-order valence-electron chi connectivity index (χ4n) is 3.60. The van der Waals surface area contributed by atoms with E-state index in [1.54, 1.807) is 11.4 Å². The van der Waals surface area contributed by atoms with Crippen molar-refractivity contribution in [3.8, 4) is 0 Å². The predicted octanol–water partition coefficient (Wildman–Crippen LogP) is 2.24. The molecule has 3 nitrogen and oxygen atoms in total. The summed E-state index contributed by atoms with van der Waals surface area (Å²) in [5, 5.41) is -0.0424. The maximum Gasteiger partial charge on any atom is 0.217 e. The highest BCUT2D eigenvalue weighted by Crippen LogP contribution is 2.50. The van der Waals surface area contributed by atoms with E-state index in [0.717, 1.165) is 37.6 Å². The van der Waals surface area contributed by atoms with Crippen LogP contribution in [0, 0.1) is 17.8 Å². The molecule has 3 aliphatic carbocycles. The van der Waals surface area contributed by atoms with Crippen molar-refractivity contribution in [3.05, 3.63) is 0 Å². The van der Waals surface area contributed by atoms with Gasteiger partial charge in [-0.15, -0.1) is 0 Å². The Bertz CT molecular complexity index is 388. The molecule has 17 heavy (non-hydrogen) atoms. The molecule has 0 amide bonds. The van der Waals surface area contributed by atoms with Crippen LogP contribution in [0.2, 0.25) is 0 Å². The zero-order valence-corrected chi connectivity index (χ0v) is 11.5. The first-order valence-electron chi connectivity index (χ1n) is 7.04. The van der Waals surface area contributed by atoms with Gasteiger partial charge in [-0.3, -0.25) is 0 Å². The second kappa shape index (κ2) is 4.23. The smallest absolute Gasteiger partial charge is 0.212 e. The number of hydrogen-bond acceptors (Lipinski definition) is 2. The molecule has 0 N–H and O–H groups in total. The fraction of sp³-hybridized carbons (Fsp3) is 1.00. The minimum Gasteiger partial charge on any atom is -0.212 e. The summed E-state index contributed by atoms with van der Waals surface area (Å²) in [5.41, 5.74) is 0. The molecule has 0 aromatic heterocycles. The number of sulfonamides is 1. The molecule has 0 aliphatic heterocycles. The summed E-state index contributed by atoms with van der Waals surface area (Å²) in [6.45, 7) is 0.737. The topological polar surface area (TPSA) is 37.4 Å². The standard InChI is InChI=1S/C13H23NO2S/c1-14(8-7-10-5-6-10)17(15,16)13-9-11-3-2-4-12(11)13/h10-13H,2-9H2,1H3. The third-order valence-electron chi connectivity index (χ3n) is 5.10. The van der Waals surface area contributed by atoms with Gasteiger partial charge in [0, 0.05) is 13.6 Å². The largest absolute Gasteiger partial charge is 0.217 e. The van der Waals surface area contributed by atoms with Gasteiger partial charge in [0.15, 0.2) is 0 Å². The molecule has 0 spiro atoms. The molecule has 0 aromatic rings. The highest BCUT2D eigenvalue weighted by Gasteiger charge is 2.51. The van der Waals surface area contributed by atoms with E-state index in [0.29, 0.717) is 5.92 Å². The second-order valence-corrected chi connectivity index (χ2v) is 8.49. The molecule has 3 atom stereocenters. The Morgan fingerprint density at radius 2 is 1.94 bits per heavy atom. The highest BCUT2D eigenvalue weighted by molar-refractivity contribution is 7.89. The lowest BCUT2D eigenvalue weighted by Crippen LogP contribution is -2.49. The first-order chi connectivity index (χ1) is 8.09. The van der Waals surface area contributed by atoms with Crippen LogP contribution in [0.3, 0.4) is 0 Å². The zero-order chi connectivity index (χ0) is 12.0. The third-order valence-corrected chi connectivity index (χ3v) is 7.46. The van der Waals surface area contributed by atoms with Gasteiger partial charge >= 0.3 is 0 Å². The summed E-state index contributed by atoms with van der Waals surface area (Å²) in [4.78, 5) is 0. The predicted molar refractivity (Wildman–Crippen MR) is 68.1 cm³/mol. The summed E-state index contributed by atoms with van der Waals surface area (Å²) in [5.74, 6) is 2.03. The molecular formula is C13H23NO2S. The Hall–Kier alpha value is -0.0900. The minimum atomic E-state index is -2.99. The molecule has 3 aliphatic rings. The van der Waals surface area contributed by atoms with E-state index in [1.165, 1.54) is 25.7 Å². The maximum atomic E-state index is 12.4. The Morgan fingerprint density at radius 1 is 1.18 bits per heavy atom. The summed E-state index contributed by atoms with van der Waals surface area (Å²) in [7, 11) is -1.21. The normalized spacial score (nSPS) is 36.9. The van der Waals surface area contributed by atoms with Gasteiger partial charge in [-0.2, -0.15) is 0 Å². The van der Waals surface area contributed by atoms with Crippen LogP contribution in [0.1, 0.15) is 44.9 Å². The SMILES string of the molecule is CN(CCC1CC1)S(=O)(=O)C1CC2CCCC21. The van der Waals surface area contributed by atoms with E-state index >= 15 is 0 Å². The number of fused-ring (bicyclic) bond motifs is 1. The van der Waals surface area contributed by atoms with Crippen molar-refractivity contribution in [2.75, 3.05) is 13.6 Å². The van der Waals surface area contributed by atoms with E-state index in [4.69, 9.17) is 0 Å². The van der Waals surface area contributed by atoms with Crippen molar-refractivity contribution in [2.24, 2.45) is 17.8 Å². The Morgan fingerprint density at radius 3 is 2.59 bits per heavy atom. The van der Waals surface area contributed by atoms with Crippen LogP contribution in [0.4, 0.5) is 0 Å². The lowest BCUT2D eigenvalue weighted by molar-refractivity contribution is 0.215. The van der Waals surface area contributed by atoms with E-state index in [1.807, 2.05) is 0 Å². The number of rotatable bonds is 5. The summed E-state index contributed by atoms with van der Waals surface area (Å²) >= 11 is 0. The molecule has 4 heteroatoms. The van der Waals surface area contributed by atoms with Crippen molar-refractivity contribution in [1.29, 1.82) is 0 Å². The van der Waals surface area contributed by atoms with Crippen LogP contribution in [-0.4, -0.2) is 31.6 Å². The van der Waals surface area contributed by atoms with E-state index in [-0.39, 0.29) is 5.25 Å². The molecule has 98 valence electrons. The second-order valence-electron chi connectivity index (χ2n) is 6.23. The Labute approximate surface area is 105 Å². The highest BCUT2D eigenvalue weighted by atomic mass is 32.2. The van der Waals surface area contributed by atoms with Gasteiger partial charge in [0.05, 0.1) is 5.25 Å². The summed E-state index contributed by atoms with van der Waals surface area (Å²) in [6.07, 6.45) is 8.27. The molecule has 3 unspecified atom stereocenters. The molecule has 3 fully saturated rings. The fourth-order valence-corrected chi connectivity index (χ4v) is 5.71. The summed E-state index contributed by atoms with van der Waals surface area (Å²) in [6, 6.07) is 0. The van der Waals surface area contributed by atoms with Gasteiger partial charge < -0.3 is 0 Å². The number of hydrogen-bond donors (Lipinski definition) is 0. The molecule has 3 saturated carbocycles. The Balaban J connectivity index is 1.59. The molecule has 0 saturated heterocycles. The lowest BCUT2D eigenvalue weighted by atomic mass is 9.76. The molecule has 0 bridgehead atoms. The molecule has 0 aromatic carbocycles. The zero-order valence-electron chi connectivity index (χ0n) is 10.6. The Kier molecular flexibility index (Phi) is 2.98. The van der Waals surface area contributed by atoms with E-state index in [9.17, 15) is 8.42 Å². The molecule has 3 rings (SSSR count). The van der Waals surface area contributed by atoms with Gasteiger partial charge in [-0.05, 0) is 37.0 Å². The van der Waals surface area contributed by atoms with Crippen molar-refractivity contribution in [3.63, 3.8) is 0 Å². The average Bonchev–Trinajstić information content (AvgIpc) is 3.01. The van der Waals surface area contributed by atoms with Gasteiger partial charge in [-0.25, -0.2) is 12.7 Å². The number of nitrogens with zero attached hydrogens (tertiary/aromatic N) is 1. The van der Waals surface area contributed by atoms with E-state index < -0.39 is 10.0 Å². The van der Waals surface area contributed by atoms with Crippen molar-refractivity contribution < 1.29 is 8.42 Å². The van der Waals surface area contributed by atoms with Crippen molar-refractivity contribution in [2.45, 2.75) is 50.2 Å². The maximum absolute atomic E-state index is 12.4.